The van der Waals surface area contributed by atoms with Crippen LogP contribution in [0.4, 0.5) is 5.82 Å². The van der Waals surface area contributed by atoms with Crippen molar-refractivity contribution in [2.45, 2.75) is 57.9 Å². The number of carbonyl (C=O) groups excluding carboxylic acids is 1. The molecule has 3 heterocycles. The Hall–Kier alpha value is -3.08. The first-order valence-electron chi connectivity index (χ1n) is 10.2. The van der Waals surface area contributed by atoms with Crippen LogP contribution in [0.25, 0.3) is 11.2 Å². The fraction of sp³-hybridized carbons (Fsp3) is 0.429. The van der Waals surface area contributed by atoms with Crippen molar-refractivity contribution in [2.75, 3.05) is 5.32 Å². The highest BCUT2D eigenvalue weighted by atomic mass is 16.6. The molecule has 10 heteroatoms. The molecule has 1 aliphatic heterocycles. The first kappa shape index (κ1) is 21.2. The van der Waals surface area contributed by atoms with E-state index in [4.69, 9.17) is 4.74 Å². The highest BCUT2D eigenvalue weighted by Gasteiger charge is 2.42. The van der Waals surface area contributed by atoms with Gasteiger partial charge in [0.25, 0.3) is 5.91 Å². The first-order chi connectivity index (χ1) is 14.8. The maximum Gasteiger partial charge on any atom is 0.251 e. The number of fused-ring (bicyclic) bond motifs is 1. The Kier molecular flexibility index (Phi) is 5.86. The maximum atomic E-state index is 12.1. The number of ether oxygens (including phenoxy) is 1. The molecule has 4 atom stereocenters. The van der Waals surface area contributed by atoms with E-state index < -0.39 is 24.5 Å². The van der Waals surface area contributed by atoms with Gasteiger partial charge in [-0.25, -0.2) is 15.0 Å². The third-order valence-electron chi connectivity index (χ3n) is 5.21. The summed E-state index contributed by atoms with van der Waals surface area (Å²) in [5.74, 6) is 0.430. The minimum Gasteiger partial charge on any atom is -0.388 e. The number of nitrogens with one attached hydrogen (secondary N) is 2. The molecule has 2 aromatic heterocycles. The molecule has 1 fully saturated rings. The monoisotopic (exact) mass is 426 g/mol. The van der Waals surface area contributed by atoms with Gasteiger partial charge < -0.3 is 25.6 Å². The van der Waals surface area contributed by atoms with Crippen LogP contribution in [0.1, 0.15) is 42.9 Å². The molecule has 4 rings (SSSR count). The number of amides is 1. The molecule has 0 bridgehead atoms. The summed E-state index contributed by atoms with van der Waals surface area (Å²) in [5, 5.41) is 26.4. The molecule has 4 N–H and O–H groups in total. The number of hydrogen-bond donors (Lipinski definition) is 4. The molecule has 3 aromatic rings. The van der Waals surface area contributed by atoms with E-state index in [1.165, 1.54) is 12.7 Å². The van der Waals surface area contributed by atoms with Crippen molar-refractivity contribution in [2.24, 2.45) is 0 Å². The average molecular weight is 426 g/mol. The van der Waals surface area contributed by atoms with Crippen LogP contribution in [0, 0.1) is 0 Å². The lowest BCUT2D eigenvalue weighted by Crippen LogP contribution is -2.30. The minimum absolute atomic E-state index is 0.0797. The highest BCUT2D eigenvalue weighted by molar-refractivity contribution is 5.94. The van der Waals surface area contributed by atoms with Gasteiger partial charge in [-0.15, -0.1) is 0 Å². The Morgan fingerprint density at radius 3 is 2.55 bits per heavy atom. The lowest BCUT2D eigenvalue weighted by Gasteiger charge is -2.16. The molecule has 31 heavy (non-hydrogen) atoms. The molecule has 1 aromatic carbocycles. The van der Waals surface area contributed by atoms with Gasteiger partial charge in [-0.3, -0.25) is 9.36 Å². The largest absolute Gasteiger partial charge is 0.388 e. The topological polar surface area (TPSA) is 134 Å². The molecular formula is C21H26N6O4. The van der Waals surface area contributed by atoms with Crippen molar-refractivity contribution in [1.82, 2.24) is 24.8 Å². The Labute approximate surface area is 179 Å². The molecular weight excluding hydrogens is 400 g/mol. The zero-order chi connectivity index (χ0) is 22.1. The summed E-state index contributed by atoms with van der Waals surface area (Å²) in [6.07, 6.45) is -0.406. The van der Waals surface area contributed by atoms with Gasteiger partial charge in [-0.05, 0) is 38.5 Å². The van der Waals surface area contributed by atoms with Crippen molar-refractivity contribution in [3.63, 3.8) is 0 Å². The fourth-order valence-electron chi connectivity index (χ4n) is 3.53. The highest BCUT2D eigenvalue weighted by Crippen LogP contribution is 2.32. The van der Waals surface area contributed by atoms with E-state index in [0.29, 0.717) is 29.1 Å². The van der Waals surface area contributed by atoms with Crippen LogP contribution in [0.2, 0.25) is 0 Å². The van der Waals surface area contributed by atoms with E-state index in [9.17, 15) is 15.0 Å². The SMILES string of the molecule is CC(C)NC(=O)c1ccc(CNc2ncnc3c2ncn3[C@@H]2O[C@H](C)[C@@H](O)[C@H]2O)cc1. The predicted molar refractivity (Wildman–Crippen MR) is 113 cm³/mol. The van der Waals surface area contributed by atoms with E-state index in [0.717, 1.165) is 5.56 Å². The van der Waals surface area contributed by atoms with Crippen molar-refractivity contribution in [3.05, 3.63) is 48.0 Å². The summed E-state index contributed by atoms with van der Waals surface area (Å²) in [7, 11) is 0. The number of aromatic nitrogens is 4. The Morgan fingerprint density at radius 1 is 1.16 bits per heavy atom. The van der Waals surface area contributed by atoms with E-state index in [2.05, 4.69) is 25.6 Å². The number of imidazole rings is 1. The standard InChI is InChI=1S/C21H26N6O4/c1-11(2)26-20(30)14-6-4-13(5-7-14)8-22-18-15-19(24-9-23-18)27(10-25-15)21-17(29)16(28)12(3)31-21/h4-7,9-12,16-17,21,28-29H,8H2,1-3H3,(H,26,30)(H,22,23,24)/t12-,16-,17-,21-/m1/s1. The Balaban J connectivity index is 1.49. The lowest BCUT2D eigenvalue weighted by molar-refractivity contribution is -0.0299. The summed E-state index contributed by atoms with van der Waals surface area (Å²) in [6, 6.07) is 7.40. The molecule has 164 valence electrons. The third-order valence-corrected chi connectivity index (χ3v) is 5.21. The molecule has 1 aliphatic rings. The predicted octanol–water partition coefficient (Wildman–Crippen LogP) is 1.22. The van der Waals surface area contributed by atoms with Crippen LogP contribution in [-0.2, 0) is 11.3 Å². The molecule has 0 saturated carbocycles. The number of aliphatic hydroxyl groups excluding tert-OH is 2. The minimum atomic E-state index is -1.08. The van der Waals surface area contributed by atoms with Crippen LogP contribution in [0.15, 0.2) is 36.9 Å². The molecule has 0 aliphatic carbocycles. The van der Waals surface area contributed by atoms with Crippen molar-refractivity contribution >= 4 is 22.9 Å². The molecule has 1 saturated heterocycles. The Bertz CT molecular complexity index is 1070. The number of nitrogens with zero attached hydrogens (tertiary/aromatic N) is 4. The third kappa shape index (κ3) is 4.22. The second-order valence-electron chi connectivity index (χ2n) is 7.94. The summed E-state index contributed by atoms with van der Waals surface area (Å²) in [4.78, 5) is 25.0. The van der Waals surface area contributed by atoms with Crippen molar-refractivity contribution < 1.29 is 19.7 Å². The van der Waals surface area contributed by atoms with Crippen LogP contribution < -0.4 is 10.6 Å². The molecule has 1 amide bonds. The smallest absolute Gasteiger partial charge is 0.251 e. The number of rotatable bonds is 6. The second-order valence-corrected chi connectivity index (χ2v) is 7.94. The van der Waals surface area contributed by atoms with Gasteiger partial charge in [-0.2, -0.15) is 0 Å². The second kappa shape index (κ2) is 8.58. The fourth-order valence-corrected chi connectivity index (χ4v) is 3.53. The number of hydrogen-bond acceptors (Lipinski definition) is 8. The first-order valence-corrected chi connectivity index (χ1v) is 10.2. The van der Waals surface area contributed by atoms with E-state index in [1.54, 1.807) is 23.6 Å². The van der Waals surface area contributed by atoms with E-state index >= 15 is 0 Å². The van der Waals surface area contributed by atoms with Crippen LogP contribution in [0.5, 0.6) is 0 Å². The molecule has 0 spiro atoms. The van der Waals surface area contributed by atoms with Gasteiger partial charge in [0.15, 0.2) is 23.2 Å². The lowest BCUT2D eigenvalue weighted by atomic mass is 10.1. The zero-order valence-electron chi connectivity index (χ0n) is 17.6. The quantitative estimate of drug-likeness (QED) is 0.462. The summed E-state index contributed by atoms with van der Waals surface area (Å²) in [5.41, 5.74) is 2.59. The summed E-state index contributed by atoms with van der Waals surface area (Å²) < 4.78 is 7.27. The summed E-state index contributed by atoms with van der Waals surface area (Å²) in [6.45, 7) is 6.01. The Morgan fingerprint density at radius 2 is 1.90 bits per heavy atom. The molecule has 0 unspecified atom stereocenters. The van der Waals surface area contributed by atoms with E-state index in [-0.39, 0.29) is 11.9 Å². The average Bonchev–Trinajstić information content (AvgIpc) is 3.29. The van der Waals surface area contributed by atoms with Crippen molar-refractivity contribution in [3.8, 4) is 0 Å². The van der Waals surface area contributed by atoms with E-state index in [1.807, 2.05) is 26.0 Å². The maximum absolute atomic E-state index is 12.1. The number of aliphatic hydroxyl groups is 2. The van der Waals surface area contributed by atoms with Crippen LogP contribution in [0.3, 0.4) is 0 Å². The van der Waals surface area contributed by atoms with Gasteiger partial charge in [0.2, 0.25) is 0 Å². The van der Waals surface area contributed by atoms with Crippen LogP contribution >= 0.6 is 0 Å². The summed E-state index contributed by atoms with van der Waals surface area (Å²) >= 11 is 0. The van der Waals surface area contributed by atoms with Gasteiger partial charge in [0, 0.05) is 18.2 Å². The van der Waals surface area contributed by atoms with Crippen molar-refractivity contribution in [1.29, 1.82) is 0 Å². The number of carbonyl (C=O) groups is 1. The molecule has 10 nitrogen and oxygen atoms in total. The van der Waals surface area contributed by atoms with Crippen LogP contribution in [-0.4, -0.2) is 60.0 Å². The number of anilines is 1. The van der Waals surface area contributed by atoms with Gasteiger partial charge >= 0.3 is 0 Å². The van der Waals surface area contributed by atoms with Gasteiger partial charge in [-0.1, -0.05) is 12.1 Å². The number of benzene rings is 1. The zero-order valence-corrected chi connectivity index (χ0v) is 17.6. The van der Waals surface area contributed by atoms with Gasteiger partial charge in [0.05, 0.1) is 12.4 Å². The van der Waals surface area contributed by atoms with Gasteiger partial charge in [0.1, 0.15) is 18.5 Å². The molecule has 0 radical (unpaired) electrons. The normalized spacial score (nSPS) is 23.4.